The average Bonchev–Trinajstić information content (AvgIpc) is 2.91. The number of anilines is 3. The minimum absolute atomic E-state index is 0.166. The maximum atomic E-state index is 13.4. The van der Waals surface area contributed by atoms with Crippen LogP contribution in [0.3, 0.4) is 0 Å². The first kappa shape index (κ1) is 26.5. The summed E-state index contributed by atoms with van der Waals surface area (Å²) in [7, 11) is 3.35. The van der Waals surface area contributed by atoms with E-state index in [1.807, 2.05) is 50.1 Å². The molecular weight excluding hydrogens is 482 g/mol. The van der Waals surface area contributed by atoms with Crippen LogP contribution >= 0.6 is 0 Å². The summed E-state index contributed by atoms with van der Waals surface area (Å²) in [6.07, 6.45) is 0.456. The number of fused-ring (bicyclic) bond motifs is 1. The highest BCUT2D eigenvalue weighted by Gasteiger charge is 2.24. The molecule has 0 spiro atoms. The smallest absolute Gasteiger partial charge is 0.338 e. The molecular formula is C30H31N3O5. The number of para-hydroxylation sites is 1. The highest BCUT2D eigenvalue weighted by Crippen LogP contribution is 2.35. The number of amides is 2. The summed E-state index contributed by atoms with van der Waals surface area (Å²) in [5, 5.41) is 6.57. The zero-order valence-corrected chi connectivity index (χ0v) is 21.9. The highest BCUT2D eigenvalue weighted by molar-refractivity contribution is 6.02. The molecule has 8 nitrogen and oxygen atoms in total. The Morgan fingerprint density at radius 1 is 0.974 bits per heavy atom. The van der Waals surface area contributed by atoms with Crippen molar-refractivity contribution >= 4 is 39.8 Å². The van der Waals surface area contributed by atoms with Gasteiger partial charge in [-0.15, -0.1) is 0 Å². The first-order valence-electron chi connectivity index (χ1n) is 12.4. The van der Waals surface area contributed by atoms with Gasteiger partial charge in [0.1, 0.15) is 17.4 Å². The van der Waals surface area contributed by atoms with Crippen LogP contribution in [0.2, 0.25) is 0 Å². The molecule has 0 saturated carbocycles. The van der Waals surface area contributed by atoms with Crippen LogP contribution in [0.15, 0.2) is 88.1 Å². The summed E-state index contributed by atoms with van der Waals surface area (Å²) in [5.41, 5.74) is 2.32. The molecule has 38 heavy (non-hydrogen) atoms. The summed E-state index contributed by atoms with van der Waals surface area (Å²) < 4.78 is 10.8. The zero-order valence-electron chi connectivity index (χ0n) is 21.9. The van der Waals surface area contributed by atoms with Crippen LogP contribution in [-0.4, -0.2) is 32.0 Å². The van der Waals surface area contributed by atoms with Gasteiger partial charge in [0.15, 0.2) is 0 Å². The van der Waals surface area contributed by atoms with Crippen LogP contribution in [0.1, 0.15) is 30.6 Å². The van der Waals surface area contributed by atoms with E-state index in [1.54, 1.807) is 48.5 Å². The van der Waals surface area contributed by atoms with Gasteiger partial charge in [0.25, 0.3) is 5.91 Å². The van der Waals surface area contributed by atoms with E-state index in [0.717, 1.165) is 5.39 Å². The number of ether oxygens (including phenoxy) is 1. The molecule has 0 fully saturated rings. The molecule has 0 radical (unpaired) electrons. The molecule has 0 unspecified atom stereocenters. The maximum Gasteiger partial charge on any atom is 0.338 e. The molecule has 0 aliphatic rings. The molecule has 2 amide bonds. The lowest BCUT2D eigenvalue weighted by molar-refractivity contribution is -0.118. The summed E-state index contributed by atoms with van der Waals surface area (Å²) in [4.78, 5) is 40.2. The van der Waals surface area contributed by atoms with Crippen LogP contribution in [0, 0.1) is 5.92 Å². The Hall–Kier alpha value is -4.59. The fraction of sp³-hybridized carbons (Fsp3) is 0.233. The van der Waals surface area contributed by atoms with Gasteiger partial charge in [-0.3, -0.25) is 9.59 Å². The van der Waals surface area contributed by atoms with Crippen molar-refractivity contribution in [3.8, 4) is 5.75 Å². The van der Waals surface area contributed by atoms with Crippen molar-refractivity contribution < 1.29 is 18.7 Å². The molecule has 0 aliphatic carbocycles. The van der Waals surface area contributed by atoms with E-state index < -0.39 is 11.7 Å². The van der Waals surface area contributed by atoms with E-state index >= 15 is 0 Å². The van der Waals surface area contributed by atoms with Crippen LogP contribution in [0.4, 0.5) is 17.1 Å². The van der Waals surface area contributed by atoms with Gasteiger partial charge in [0.2, 0.25) is 5.91 Å². The van der Waals surface area contributed by atoms with Crippen LogP contribution < -0.4 is 25.9 Å². The molecule has 1 atom stereocenters. The third kappa shape index (κ3) is 6.03. The number of methoxy groups -OCH3 is 1. The fourth-order valence-corrected chi connectivity index (χ4v) is 4.27. The van der Waals surface area contributed by atoms with Gasteiger partial charge < -0.3 is 24.7 Å². The Kier molecular flexibility index (Phi) is 8.11. The Morgan fingerprint density at radius 2 is 1.68 bits per heavy atom. The first-order valence-corrected chi connectivity index (χ1v) is 12.4. The third-order valence-electron chi connectivity index (χ3n) is 6.18. The Labute approximate surface area is 221 Å². The van der Waals surface area contributed by atoms with E-state index in [9.17, 15) is 14.4 Å². The zero-order chi connectivity index (χ0) is 27.2. The van der Waals surface area contributed by atoms with Gasteiger partial charge in [0.05, 0.1) is 18.5 Å². The minimum atomic E-state index is -0.753. The molecule has 0 saturated heterocycles. The van der Waals surface area contributed by atoms with E-state index in [-0.39, 0.29) is 17.7 Å². The second-order valence-corrected chi connectivity index (χ2v) is 9.40. The monoisotopic (exact) mass is 513 g/mol. The lowest BCUT2D eigenvalue weighted by atomic mass is 10.0. The van der Waals surface area contributed by atoms with Crippen molar-refractivity contribution in [3.05, 3.63) is 94.8 Å². The molecule has 4 rings (SSSR count). The normalized spacial score (nSPS) is 11.7. The topological polar surface area (TPSA) is 101 Å². The van der Waals surface area contributed by atoms with Gasteiger partial charge in [-0.05, 0) is 54.8 Å². The minimum Gasteiger partial charge on any atom is -0.495 e. The quantitative estimate of drug-likeness (QED) is 0.293. The predicted molar refractivity (Wildman–Crippen MR) is 149 cm³/mol. The number of carbonyl (C=O) groups is 2. The lowest BCUT2D eigenvalue weighted by Crippen LogP contribution is -2.44. The highest BCUT2D eigenvalue weighted by atomic mass is 16.5. The lowest BCUT2D eigenvalue weighted by Gasteiger charge is -2.24. The summed E-state index contributed by atoms with van der Waals surface area (Å²) >= 11 is 0. The fourth-order valence-electron chi connectivity index (χ4n) is 4.27. The van der Waals surface area contributed by atoms with Crippen LogP contribution in [0.5, 0.6) is 5.75 Å². The number of nitrogens with one attached hydrogen (secondary N) is 2. The molecule has 0 bridgehead atoms. The van der Waals surface area contributed by atoms with Gasteiger partial charge in [-0.1, -0.05) is 44.2 Å². The van der Waals surface area contributed by atoms with Crippen LogP contribution in [0.25, 0.3) is 11.0 Å². The van der Waals surface area contributed by atoms with Crippen molar-refractivity contribution in [1.29, 1.82) is 0 Å². The van der Waals surface area contributed by atoms with E-state index in [4.69, 9.17) is 9.15 Å². The van der Waals surface area contributed by atoms with Crippen molar-refractivity contribution in [2.45, 2.75) is 26.3 Å². The Balaban J connectivity index is 1.62. The number of rotatable bonds is 9. The summed E-state index contributed by atoms with van der Waals surface area (Å²) in [5.74, 6) is -0.0432. The molecule has 4 aromatic rings. The molecule has 8 heteroatoms. The Morgan fingerprint density at radius 3 is 2.39 bits per heavy atom. The molecule has 3 aromatic carbocycles. The second-order valence-electron chi connectivity index (χ2n) is 9.40. The van der Waals surface area contributed by atoms with Gasteiger partial charge in [-0.25, -0.2) is 4.79 Å². The van der Waals surface area contributed by atoms with Crippen molar-refractivity contribution in [3.63, 3.8) is 0 Å². The van der Waals surface area contributed by atoms with E-state index in [0.29, 0.717) is 40.4 Å². The predicted octanol–water partition coefficient (Wildman–Crippen LogP) is 5.35. The second kappa shape index (κ2) is 11.6. The standard InChI is InChI=1S/C30H31N3O5/c1-19(2)16-24(32-29(35)20-10-6-5-7-11-20)30(36)31-23-17-21(14-15-27(23)37-4)33(3)25-18-28(34)38-26-13-9-8-12-22(25)26/h5-15,17-19,24H,16H2,1-4H3,(H,31,36)(H,32,35)/t24-/m0/s1. The number of nitrogens with zero attached hydrogens (tertiary/aromatic N) is 1. The van der Waals surface area contributed by atoms with Gasteiger partial charge >= 0.3 is 5.63 Å². The molecule has 0 aliphatic heterocycles. The van der Waals surface area contributed by atoms with Gasteiger partial charge in [-0.2, -0.15) is 0 Å². The maximum absolute atomic E-state index is 13.4. The number of hydrogen-bond donors (Lipinski definition) is 2. The molecule has 2 N–H and O–H groups in total. The van der Waals surface area contributed by atoms with E-state index in [1.165, 1.54) is 13.2 Å². The molecule has 1 heterocycles. The van der Waals surface area contributed by atoms with Crippen molar-refractivity contribution in [2.24, 2.45) is 5.92 Å². The summed E-state index contributed by atoms with van der Waals surface area (Å²) in [6, 6.07) is 22.1. The molecule has 1 aromatic heterocycles. The SMILES string of the molecule is COc1ccc(N(C)c2cc(=O)oc3ccccc23)cc1NC(=O)[C@H](CC(C)C)NC(=O)c1ccccc1. The number of carbonyl (C=O) groups excluding carboxylic acids is 2. The van der Waals surface area contributed by atoms with Crippen LogP contribution in [-0.2, 0) is 4.79 Å². The molecule has 196 valence electrons. The van der Waals surface area contributed by atoms with Crippen molar-refractivity contribution in [1.82, 2.24) is 5.32 Å². The number of benzene rings is 3. The largest absolute Gasteiger partial charge is 0.495 e. The third-order valence-corrected chi connectivity index (χ3v) is 6.18. The van der Waals surface area contributed by atoms with Crippen molar-refractivity contribution in [2.75, 3.05) is 24.4 Å². The summed E-state index contributed by atoms with van der Waals surface area (Å²) in [6.45, 7) is 3.98. The average molecular weight is 514 g/mol. The van der Waals surface area contributed by atoms with E-state index in [2.05, 4.69) is 10.6 Å². The first-order chi connectivity index (χ1) is 18.3. The number of hydrogen-bond acceptors (Lipinski definition) is 6. The Bertz CT molecular complexity index is 1500. The van der Waals surface area contributed by atoms with Gasteiger partial charge in [0, 0.05) is 29.8 Å².